The molecule has 0 aliphatic carbocycles. The minimum Gasteiger partial charge on any atom is -0.381 e. The van der Waals surface area contributed by atoms with Crippen LogP contribution in [0.25, 0.3) is 0 Å². The second-order valence-electron chi connectivity index (χ2n) is 5.51. The second-order valence-corrected chi connectivity index (χ2v) is 6.29. The zero-order chi connectivity index (χ0) is 13.5. The number of thiophene rings is 1. The zero-order valence-corrected chi connectivity index (χ0v) is 12.9. The van der Waals surface area contributed by atoms with Crippen LogP contribution < -0.4 is 5.32 Å². The highest BCUT2D eigenvalue weighted by atomic mass is 32.1. The third-order valence-corrected chi connectivity index (χ3v) is 4.44. The molecule has 108 valence electrons. The van der Waals surface area contributed by atoms with Gasteiger partial charge in [-0.15, -0.1) is 0 Å². The molecule has 1 aromatic heterocycles. The molecule has 0 spiro atoms. The van der Waals surface area contributed by atoms with Crippen molar-refractivity contribution in [3.8, 4) is 0 Å². The Labute approximate surface area is 121 Å². The summed E-state index contributed by atoms with van der Waals surface area (Å²) < 4.78 is 5.66. The lowest BCUT2D eigenvalue weighted by Crippen LogP contribution is -2.47. The summed E-state index contributed by atoms with van der Waals surface area (Å²) in [6.45, 7) is 7.30. The molecule has 0 radical (unpaired) electrons. The highest BCUT2D eigenvalue weighted by Crippen LogP contribution is 2.17. The van der Waals surface area contributed by atoms with Gasteiger partial charge in [-0.25, -0.2) is 0 Å². The minimum absolute atomic E-state index is 0.615. The van der Waals surface area contributed by atoms with Crippen molar-refractivity contribution < 1.29 is 4.74 Å². The molecule has 0 aromatic carbocycles. The van der Waals surface area contributed by atoms with E-state index in [4.69, 9.17) is 4.74 Å². The molecule has 1 N–H and O–H groups in total. The first-order valence-electron chi connectivity index (χ1n) is 7.30. The maximum Gasteiger partial charge on any atom is 0.0521 e. The van der Waals surface area contributed by atoms with Crippen LogP contribution in [0.2, 0.25) is 0 Å². The van der Waals surface area contributed by atoms with Crippen molar-refractivity contribution in [2.75, 3.05) is 33.4 Å². The first-order valence-corrected chi connectivity index (χ1v) is 8.24. The van der Waals surface area contributed by atoms with E-state index in [-0.39, 0.29) is 0 Å². The quantitative estimate of drug-likeness (QED) is 0.832. The van der Waals surface area contributed by atoms with Crippen LogP contribution in [0.4, 0.5) is 0 Å². The Kier molecular flexibility index (Phi) is 6.31. The standard InChI is InChI=1S/C15H26N2OS/c1-3-6-16-15-4-7-18-11-14(15)10-17(2)9-13-5-8-19-12-13/h5,8,12,14-16H,3-4,6-7,9-11H2,1-2H3. The Morgan fingerprint density at radius 1 is 1.53 bits per heavy atom. The number of hydrogen-bond donors (Lipinski definition) is 1. The fraction of sp³-hybridized carbons (Fsp3) is 0.733. The van der Waals surface area contributed by atoms with Gasteiger partial charge in [0.2, 0.25) is 0 Å². The number of rotatable bonds is 7. The van der Waals surface area contributed by atoms with Crippen molar-refractivity contribution in [1.82, 2.24) is 10.2 Å². The lowest BCUT2D eigenvalue weighted by molar-refractivity contribution is 0.0189. The maximum atomic E-state index is 5.66. The molecular formula is C15H26N2OS. The van der Waals surface area contributed by atoms with Crippen LogP contribution in [-0.4, -0.2) is 44.3 Å². The van der Waals surface area contributed by atoms with Crippen LogP contribution in [0.15, 0.2) is 16.8 Å². The lowest BCUT2D eigenvalue weighted by atomic mass is 9.95. The summed E-state index contributed by atoms with van der Waals surface area (Å²) in [4.78, 5) is 2.42. The van der Waals surface area contributed by atoms with Crippen LogP contribution in [-0.2, 0) is 11.3 Å². The van der Waals surface area contributed by atoms with E-state index in [0.29, 0.717) is 12.0 Å². The smallest absolute Gasteiger partial charge is 0.0521 e. The Morgan fingerprint density at radius 3 is 3.16 bits per heavy atom. The zero-order valence-electron chi connectivity index (χ0n) is 12.1. The van der Waals surface area contributed by atoms with Crippen LogP contribution in [0.5, 0.6) is 0 Å². The molecule has 19 heavy (non-hydrogen) atoms. The molecule has 1 aliphatic heterocycles. The summed E-state index contributed by atoms with van der Waals surface area (Å²) in [6, 6.07) is 2.84. The molecule has 2 heterocycles. The van der Waals surface area contributed by atoms with Crippen LogP contribution in [0, 0.1) is 5.92 Å². The molecule has 2 rings (SSSR count). The van der Waals surface area contributed by atoms with Crippen molar-refractivity contribution in [2.24, 2.45) is 5.92 Å². The van der Waals surface area contributed by atoms with Gasteiger partial charge in [0.05, 0.1) is 6.61 Å². The molecule has 1 saturated heterocycles. The van der Waals surface area contributed by atoms with E-state index in [9.17, 15) is 0 Å². The fourth-order valence-electron chi connectivity index (χ4n) is 2.73. The van der Waals surface area contributed by atoms with E-state index >= 15 is 0 Å². The van der Waals surface area contributed by atoms with E-state index in [1.54, 1.807) is 11.3 Å². The first-order chi connectivity index (χ1) is 9.29. The lowest BCUT2D eigenvalue weighted by Gasteiger charge is -2.34. The third-order valence-electron chi connectivity index (χ3n) is 3.71. The summed E-state index contributed by atoms with van der Waals surface area (Å²) in [6.07, 6.45) is 2.35. The summed E-state index contributed by atoms with van der Waals surface area (Å²) in [7, 11) is 2.21. The Balaban J connectivity index is 1.80. The van der Waals surface area contributed by atoms with Crippen molar-refractivity contribution >= 4 is 11.3 Å². The molecule has 1 fully saturated rings. The van der Waals surface area contributed by atoms with Gasteiger partial charge >= 0.3 is 0 Å². The number of nitrogens with one attached hydrogen (secondary N) is 1. The van der Waals surface area contributed by atoms with Crippen LogP contribution in [0.1, 0.15) is 25.3 Å². The van der Waals surface area contributed by atoms with Crippen molar-refractivity contribution in [3.05, 3.63) is 22.4 Å². The predicted molar refractivity (Wildman–Crippen MR) is 81.7 cm³/mol. The van der Waals surface area contributed by atoms with E-state index in [1.807, 2.05) is 0 Å². The maximum absolute atomic E-state index is 5.66. The molecule has 0 amide bonds. The SMILES string of the molecule is CCCNC1CCOCC1CN(C)Cc1ccsc1. The molecule has 4 heteroatoms. The molecule has 0 saturated carbocycles. The van der Waals surface area contributed by atoms with E-state index < -0.39 is 0 Å². The monoisotopic (exact) mass is 282 g/mol. The van der Waals surface area contributed by atoms with Gasteiger partial charge < -0.3 is 15.0 Å². The van der Waals surface area contributed by atoms with E-state index in [0.717, 1.165) is 39.3 Å². The molecular weight excluding hydrogens is 256 g/mol. The van der Waals surface area contributed by atoms with Crippen LogP contribution in [0.3, 0.4) is 0 Å². The second kappa shape index (κ2) is 8.00. The Hall–Kier alpha value is -0.420. The van der Waals surface area contributed by atoms with E-state index in [1.165, 1.54) is 12.0 Å². The van der Waals surface area contributed by atoms with Gasteiger partial charge in [-0.1, -0.05) is 6.92 Å². The van der Waals surface area contributed by atoms with Gasteiger partial charge in [-0.3, -0.25) is 0 Å². The highest BCUT2D eigenvalue weighted by Gasteiger charge is 2.26. The van der Waals surface area contributed by atoms with Gasteiger partial charge in [-0.05, 0) is 48.8 Å². The number of ether oxygens (including phenoxy) is 1. The molecule has 2 atom stereocenters. The normalized spacial score (nSPS) is 23.9. The van der Waals surface area contributed by atoms with Crippen molar-refractivity contribution in [3.63, 3.8) is 0 Å². The highest BCUT2D eigenvalue weighted by molar-refractivity contribution is 7.07. The third kappa shape index (κ3) is 4.88. The molecule has 1 aliphatic rings. The largest absolute Gasteiger partial charge is 0.381 e. The summed E-state index contributed by atoms with van der Waals surface area (Å²) >= 11 is 1.78. The summed E-state index contributed by atoms with van der Waals surface area (Å²) in [5.41, 5.74) is 1.42. The van der Waals surface area contributed by atoms with Gasteiger partial charge in [0.25, 0.3) is 0 Å². The minimum atomic E-state index is 0.615. The molecule has 0 bridgehead atoms. The first kappa shape index (κ1) is 15.0. The molecule has 3 nitrogen and oxygen atoms in total. The Bertz CT molecular complexity index is 342. The predicted octanol–water partition coefficient (Wildman–Crippen LogP) is 2.58. The molecule has 1 aromatic rings. The van der Waals surface area contributed by atoms with Crippen LogP contribution >= 0.6 is 11.3 Å². The molecule has 2 unspecified atom stereocenters. The number of hydrogen-bond acceptors (Lipinski definition) is 4. The Morgan fingerprint density at radius 2 is 2.42 bits per heavy atom. The summed E-state index contributed by atoms with van der Waals surface area (Å²) in [5.74, 6) is 0.615. The van der Waals surface area contributed by atoms with Gasteiger partial charge in [-0.2, -0.15) is 11.3 Å². The average molecular weight is 282 g/mol. The van der Waals surface area contributed by atoms with Crippen molar-refractivity contribution in [2.45, 2.75) is 32.4 Å². The average Bonchev–Trinajstić information content (AvgIpc) is 2.90. The number of nitrogens with zero attached hydrogens (tertiary/aromatic N) is 1. The summed E-state index contributed by atoms with van der Waals surface area (Å²) in [5, 5.41) is 8.07. The van der Waals surface area contributed by atoms with Gasteiger partial charge in [0.1, 0.15) is 0 Å². The van der Waals surface area contributed by atoms with Gasteiger partial charge in [0.15, 0.2) is 0 Å². The van der Waals surface area contributed by atoms with Crippen molar-refractivity contribution in [1.29, 1.82) is 0 Å². The van der Waals surface area contributed by atoms with E-state index in [2.05, 4.69) is 41.0 Å². The fourth-order valence-corrected chi connectivity index (χ4v) is 3.39. The van der Waals surface area contributed by atoms with Gasteiger partial charge in [0, 0.05) is 31.7 Å². The topological polar surface area (TPSA) is 24.5 Å².